The Morgan fingerprint density at radius 3 is 2.77 bits per heavy atom. The van der Waals surface area contributed by atoms with E-state index < -0.39 is 5.60 Å². The topological polar surface area (TPSA) is 43.7 Å². The van der Waals surface area contributed by atoms with Gasteiger partial charge in [-0.25, -0.2) is 0 Å². The Bertz CT molecular complexity index is 633. The quantitative estimate of drug-likeness (QED) is 0.805. The largest absolute Gasteiger partial charge is 0.392 e. The highest BCUT2D eigenvalue weighted by molar-refractivity contribution is 5.41. The highest BCUT2D eigenvalue weighted by Gasteiger charge is 2.47. The van der Waals surface area contributed by atoms with Crippen LogP contribution in [0, 0.1) is 18.8 Å². The number of aliphatic hydroxyl groups excluding tert-OH is 1. The number of nitrogens with zero attached hydrogens (tertiary/aromatic N) is 1. The molecule has 3 nitrogen and oxygen atoms in total. The van der Waals surface area contributed by atoms with Gasteiger partial charge in [-0.2, -0.15) is 0 Å². The molecule has 0 aromatic heterocycles. The molecular formula is C22H34FNO2. The number of benzene rings is 1. The maximum atomic E-state index is 12.9. The second kappa shape index (κ2) is 7.95. The van der Waals surface area contributed by atoms with Crippen molar-refractivity contribution in [3.63, 3.8) is 0 Å². The number of hydrogen-bond acceptors (Lipinski definition) is 3. The van der Waals surface area contributed by atoms with Crippen LogP contribution in [-0.4, -0.2) is 40.5 Å². The minimum absolute atomic E-state index is 0.0738. The molecular weight excluding hydrogens is 329 g/mol. The SMILES string of the molecule is Cc1cc2c(cc1CO)CCN1C[C@@H](CC(C)C)[C@@](O)(CCCF)C[C@H]21. The Kier molecular flexibility index (Phi) is 6.05. The molecule has 1 saturated heterocycles. The van der Waals surface area contributed by atoms with Crippen LogP contribution >= 0.6 is 0 Å². The third-order valence-corrected chi connectivity index (χ3v) is 6.50. The van der Waals surface area contributed by atoms with E-state index in [0.29, 0.717) is 25.2 Å². The molecule has 0 saturated carbocycles. The van der Waals surface area contributed by atoms with Gasteiger partial charge in [-0.1, -0.05) is 26.0 Å². The van der Waals surface area contributed by atoms with Gasteiger partial charge in [0.05, 0.1) is 18.9 Å². The predicted molar refractivity (Wildman–Crippen MR) is 103 cm³/mol. The number of rotatable bonds is 6. The Balaban J connectivity index is 1.92. The van der Waals surface area contributed by atoms with Crippen molar-refractivity contribution in [1.82, 2.24) is 4.90 Å². The van der Waals surface area contributed by atoms with E-state index >= 15 is 0 Å². The highest BCUT2D eigenvalue weighted by atomic mass is 19.1. The number of hydrogen-bond donors (Lipinski definition) is 2. The van der Waals surface area contributed by atoms with Crippen molar-refractivity contribution in [1.29, 1.82) is 0 Å². The van der Waals surface area contributed by atoms with Crippen molar-refractivity contribution in [2.24, 2.45) is 11.8 Å². The van der Waals surface area contributed by atoms with Crippen LogP contribution in [0.2, 0.25) is 0 Å². The molecule has 3 atom stereocenters. The van der Waals surface area contributed by atoms with E-state index in [2.05, 4.69) is 30.9 Å². The van der Waals surface area contributed by atoms with E-state index in [4.69, 9.17) is 0 Å². The molecule has 1 fully saturated rings. The Hall–Kier alpha value is -0.970. The van der Waals surface area contributed by atoms with Crippen LogP contribution < -0.4 is 0 Å². The van der Waals surface area contributed by atoms with Gasteiger partial charge in [0.1, 0.15) is 0 Å². The van der Waals surface area contributed by atoms with Gasteiger partial charge in [-0.3, -0.25) is 9.29 Å². The molecule has 0 amide bonds. The molecule has 0 radical (unpaired) electrons. The van der Waals surface area contributed by atoms with E-state index in [1.807, 2.05) is 6.92 Å². The van der Waals surface area contributed by atoms with Crippen molar-refractivity contribution in [3.05, 3.63) is 34.4 Å². The van der Waals surface area contributed by atoms with E-state index in [1.165, 1.54) is 11.1 Å². The summed E-state index contributed by atoms with van der Waals surface area (Å²) >= 11 is 0. The van der Waals surface area contributed by atoms with Crippen molar-refractivity contribution in [3.8, 4) is 0 Å². The lowest BCUT2D eigenvalue weighted by atomic mass is 9.69. The van der Waals surface area contributed by atoms with Gasteiger partial charge >= 0.3 is 0 Å². The summed E-state index contributed by atoms with van der Waals surface area (Å²) in [5.74, 6) is 0.740. The minimum atomic E-state index is -0.782. The first kappa shape index (κ1) is 19.8. The van der Waals surface area contributed by atoms with Crippen molar-refractivity contribution < 1.29 is 14.6 Å². The molecule has 0 aliphatic carbocycles. The molecule has 1 aromatic rings. The summed E-state index contributed by atoms with van der Waals surface area (Å²) in [5, 5.41) is 21.1. The number of alkyl halides is 1. The van der Waals surface area contributed by atoms with E-state index in [9.17, 15) is 14.6 Å². The fraction of sp³-hybridized carbons (Fsp3) is 0.727. The number of halogens is 1. The number of fused-ring (bicyclic) bond motifs is 3. The van der Waals surface area contributed by atoms with Gasteiger partial charge in [0, 0.05) is 25.0 Å². The number of aryl methyl sites for hydroxylation is 1. The van der Waals surface area contributed by atoms with Crippen LogP contribution in [0.5, 0.6) is 0 Å². The second-order valence-corrected chi connectivity index (χ2v) is 8.82. The standard InChI is InChI=1S/C22H34FNO2/c1-15(2)9-19-13-24-8-5-17-11-18(14-25)16(3)10-20(17)21(24)12-22(19,26)6-4-7-23/h10-11,15,19,21,25-26H,4-9,12-14H2,1-3H3/t19-,21-,22-/m1/s1. The summed E-state index contributed by atoms with van der Waals surface area (Å²) in [6.07, 6.45) is 3.66. The van der Waals surface area contributed by atoms with Crippen LogP contribution in [0.3, 0.4) is 0 Å². The maximum Gasteiger partial charge on any atom is 0.0895 e. The third kappa shape index (κ3) is 3.83. The van der Waals surface area contributed by atoms with Crippen LogP contribution in [0.4, 0.5) is 4.39 Å². The Labute approximate surface area is 157 Å². The molecule has 3 rings (SSSR count). The smallest absolute Gasteiger partial charge is 0.0895 e. The number of aliphatic hydroxyl groups is 2. The monoisotopic (exact) mass is 363 g/mol. The first-order chi connectivity index (χ1) is 12.4. The van der Waals surface area contributed by atoms with Gasteiger partial charge in [0.15, 0.2) is 0 Å². The van der Waals surface area contributed by atoms with E-state index in [0.717, 1.165) is 37.1 Å². The summed E-state index contributed by atoms with van der Waals surface area (Å²) in [6.45, 7) is 8.06. The maximum absolute atomic E-state index is 12.9. The molecule has 2 N–H and O–H groups in total. The average molecular weight is 364 g/mol. The van der Waals surface area contributed by atoms with Crippen LogP contribution in [0.25, 0.3) is 0 Å². The van der Waals surface area contributed by atoms with E-state index in [1.54, 1.807) is 0 Å². The van der Waals surface area contributed by atoms with Gasteiger partial charge in [0.2, 0.25) is 0 Å². The minimum Gasteiger partial charge on any atom is -0.392 e. The molecule has 26 heavy (non-hydrogen) atoms. The summed E-state index contributed by atoms with van der Waals surface area (Å²) in [7, 11) is 0. The second-order valence-electron chi connectivity index (χ2n) is 8.82. The molecule has 2 aliphatic rings. The molecule has 0 spiro atoms. The van der Waals surface area contributed by atoms with Crippen molar-refractivity contribution >= 4 is 0 Å². The van der Waals surface area contributed by atoms with Crippen LogP contribution in [0.15, 0.2) is 12.1 Å². The van der Waals surface area contributed by atoms with Crippen LogP contribution in [-0.2, 0) is 13.0 Å². The van der Waals surface area contributed by atoms with Crippen molar-refractivity contribution in [2.75, 3.05) is 19.8 Å². The zero-order valence-electron chi connectivity index (χ0n) is 16.5. The zero-order chi connectivity index (χ0) is 18.9. The molecule has 2 heterocycles. The van der Waals surface area contributed by atoms with Gasteiger partial charge < -0.3 is 10.2 Å². The molecule has 0 unspecified atom stereocenters. The lowest BCUT2D eigenvalue weighted by Crippen LogP contribution is -2.55. The van der Waals surface area contributed by atoms with Crippen LogP contribution in [0.1, 0.15) is 67.8 Å². The lowest BCUT2D eigenvalue weighted by Gasteiger charge is -2.52. The molecule has 4 heteroatoms. The molecule has 0 bridgehead atoms. The third-order valence-electron chi connectivity index (χ3n) is 6.50. The fourth-order valence-corrected chi connectivity index (χ4v) is 5.09. The summed E-state index contributed by atoms with van der Waals surface area (Å²) in [4.78, 5) is 2.53. The average Bonchev–Trinajstić information content (AvgIpc) is 2.60. The summed E-state index contributed by atoms with van der Waals surface area (Å²) < 4.78 is 12.9. The normalized spacial score (nSPS) is 28.9. The summed E-state index contributed by atoms with van der Waals surface area (Å²) in [6, 6.07) is 4.55. The van der Waals surface area contributed by atoms with E-state index in [-0.39, 0.29) is 25.2 Å². The zero-order valence-corrected chi connectivity index (χ0v) is 16.5. The Morgan fingerprint density at radius 2 is 2.12 bits per heavy atom. The van der Waals surface area contributed by atoms with Crippen molar-refractivity contribution in [2.45, 2.75) is 71.1 Å². The molecule has 2 aliphatic heterocycles. The summed E-state index contributed by atoms with van der Waals surface area (Å²) in [5.41, 5.74) is 3.93. The highest BCUT2D eigenvalue weighted by Crippen LogP contribution is 2.47. The first-order valence-corrected chi connectivity index (χ1v) is 10.1. The predicted octanol–water partition coefficient (Wildman–Crippen LogP) is 3.93. The van der Waals surface area contributed by atoms with Gasteiger partial charge in [-0.05, 0) is 67.2 Å². The van der Waals surface area contributed by atoms with Gasteiger partial charge in [0.25, 0.3) is 0 Å². The first-order valence-electron chi connectivity index (χ1n) is 10.1. The number of piperidine rings is 1. The molecule has 146 valence electrons. The van der Waals surface area contributed by atoms with Gasteiger partial charge in [-0.15, -0.1) is 0 Å². The Morgan fingerprint density at radius 1 is 1.35 bits per heavy atom. The lowest BCUT2D eigenvalue weighted by molar-refractivity contribution is -0.109. The fourth-order valence-electron chi connectivity index (χ4n) is 5.09. The molecule has 1 aromatic carbocycles.